The zero-order chi connectivity index (χ0) is 19.3. The summed E-state index contributed by atoms with van der Waals surface area (Å²) in [6.45, 7) is 1.58. The smallest absolute Gasteiger partial charge is 0.338 e. The molecular formula is C18H20O8. The third-order valence-electron chi connectivity index (χ3n) is 3.83. The zero-order valence-electron chi connectivity index (χ0n) is 14.3. The number of benzene rings is 1. The summed E-state index contributed by atoms with van der Waals surface area (Å²) < 4.78 is 15.2. The third kappa shape index (κ3) is 4.47. The largest absolute Gasteiger partial charge is 0.459 e. The molecule has 0 saturated carbocycles. The Bertz CT molecular complexity index is 698. The van der Waals surface area contributed by atoms with Crippen LogP contribution in [0.1, 0.15) is 24.2 Å². The van der Waals surface area contributed by atoms with Gasteiger partial charge in [-0.3, -0.25) is 9.59 Å². The van der Waals surface area contributed by atoms with E-state index >= 15 is 0 Å². The predicted octanol–water partition coefficient (Wildman–Crippen LogP) is 0.369. The van der Waals surface area contributed by atoms with Gasteiger partial charge in [-0.25, -0.2) is 4.79 Å². The highest BCUT2D eigenvalue weighted by atomic mass is 16.6. The first-order chi connectivity index (χ1) is 12.2. The monoisotopic (exact) mass is 364 g/mol. The lowest BCUT2D eigenvalue weighted by Crippen LogP contribution is -2.63. The molecule has 0 aliphatic heterocycles. The Kier molecular flexibility index (Phi) is 6.12. The molecule has 26 heavy (non-hydrogen) atoms. The van der Waals surface area contributed by atoms with E-state index in [2.05, 4.69) is 0 Å². The van der Waals surface area contributed by atoms with Gasteiger partial charge in [0, 0.05) is 13.8 Å². The highest BCUT2D eigenvalue weighted by Gasteiger charge is 2.53. The normalized spacial score (nSPS) is 27.5. The topological polar surface area (TPSA) is 119 Å². The summed E-state index contributed by atoms with van der Waals surface area (Å²) in [5.74, 6) is -2.16. The molecule has 0 heterocycles. The number of esters is 3. The summed E-state index contributed by atoms with van der Waals surface area (Å²) in [6, 6.07) is 8.05. The first-order valence-corrected chi connectivity index (χ1v) is 7.89. The predicted molar refractivity (Wildman–Crippen MR) is 87.9 cm³/mol. The molecule has 0 fully saturated rings. The Morgan fingerprint density at radius 3 is 2.23 bits per heavy atom. The highest BCUT2D eigenvalue weighted by molar-refractivity contribution is 5.89. The van der Waals surface area contributed by atoms with Crippen molar-refractivity contribution in [1.82, 2.24) is 0 Å². The van der Waals surface area contributed by atoms with Crippen molar-refractivity contribution in [2.45, 2.75) is 37.8 Å². The maximum Gasteiger partial charge on any atom is 0.338 e. The van der Waals surface area contributed by atoms with E-state index in [0.717, 1.165) is 13.8 Å². The van der Waals surface area contributed by atoms with E-state index in [9.17, 15) is 24.6 Å². The lowest BCUT2D eigenvalue weighted by atomic mass is 9.82. The minimum absolute atomic E-state index is 0.248. The van der Waals surface area contributed by atoms with Crippen LogP contribution in [-0.4, -0.2) is 58.6 Å². The highest BCUT2D eigenvalue weighted by Crippen LogP contribution is 2.30. The van der Waals surface area contributed by atoms with Gasteiger partial charge in [0.25, 0.3) is 0 Å². The van der Waals surface area contributed by atoms with Crippen LogP contribution in [0.25, 0.3) is 0 Å². The minimum atomic E-state index is -2.19. The van der Waals surface area contributed by atoms with E-state index in [4.69, 9.17) is 14.2 Å². The lowest BCUT2D eigenvalue weighted by Gasteiger charge is -2.42. The van der Waals surface area contributed by atoms with Gasteiger partial charge < -0.3 is 24.4 Å². The molecule has 0 amide bonds. The van der Waals surface area contributed by atoms with Gasteiger partial charge in [-0.15, -0.1) is 0 Å². The third-order valence-corrected chi connectivity index (χ3v) is 3.83. The molecule has 0 saturated heterocycles. The SMILES string of the molecule is CC(=O)O[C@@H]1C=C[C@@H](O)[C@](O)(COC(=O)c2ccccc2)[C@H]1OC(C)=O. The maximum atomic E-state index is 12.1. The minimum Gasteiger partial charge on any atom is -0.459 e. The molecule has 0 bridgehead atoms. The maximum absolute atomic E-state index is 12.1. The molecule has 8 heteroatoms. The second-order valence-electron chi connectivity index (χ2n) is 5.87. The Labute approximate surface area is 150 Å². The number of rotatable bonds is 5. The fraction of sp³-hybridized carbons (Fsp3) is 0.389. The quantitative estimate of drug-likeness (QED) is 0.437. The number of carbonyl (C=O) groups is 3. The van der Waals surface area contributed by atoms with E-state index in [0.29, 0.717) is 0 Å². The zero-order valence-corrected chi connectivity index (χ0v) is 14.3. The second kappa shape index (κ2) is 8.11. The Balaban J connectivity index is 2.22. The van der Waals surface area contributed by atoms with Gasteiger partial charge in [-0.1, -0.05) is 24.3 Å². The second-order valence-corrected chi connectivity index (χ2v) is 5.87. The van der Waals surface area contributed by atoms with Gasteiger partial charge >= 0.3 is 17.9 Å². The number of hydrogen-bond acceptors (Lipinski definition) is 8. The molecule has 1 aliphatic rings. The molecular weight excluding hydrogens is 344 g/mol. The first-order valence-electron chi connectivity index (χ1n) is 7.89. The van der Waals surface area contributed by atoms with Crippen LogP contribution < -0.4 is 0 Å². The van der Waals surface area contributed by atoms with Gasteiger partial charge in [0.2, 0.25) is 0 Å². The van der Waals surface area contributed by atoms with Crippen molar-refractivity contribution in [2.75, 3.05) is 6.61 Å². The molecule has 8 nitrogen and oxygen atoms in total. The van der Waals surface area contributed by atoms with Gasteiger partial charge in [0.05, 0.1) is 5.56 Å². The van der Waals surface area contributed by atoms with E-state index < -0.39 is 48.4 Å². The molecule has 2 N–H and O–H groups in total. The van der Waals surface area contributed by atoms with Crippen molar-refractivity contribution in [2.24, 2.45) is 0 Å². The Hall–Kier alpha value is -2.71. The number of carbonyl (C=O) groups excluding carboxylic acids is 3. The van der Waals surface area contributed by atoms with Crippen LogP contribution in [0.4, 0.5) is 0 Å². The van der Waals surface area contributed by atoms with Gasteiger partial charge in [-0.2, -0.15) is 0 Å². The van der Waals surface area contributed by atoms with E-state index in [-0.39, 0.29) is 5.56 Å². The van der Waals surface area contributed by atoms with Crippen LogP contribution in [-0.2, 0) is 23.8 Å². The van der Waals surface area contributed by atoms with Crippen molar-refractivity contribution in [3.63, 3.8) is 0 Å². The molecule has 0 radical (unpaired) electrons. The summed E-state index contributed by atoms with van der Waals surface area (Å²) in [5, 5.41) is 21.1. The van der Waals surface area contributed by atoms with Crippen LogP contribution in [0.2, 0.25) is 0 Å². The van der Waals surface area contributed by atoms with Crippen molar-refractivity contribution in [3.8, 4) is 0 Å². The molecule has 0 unspecified atom stereocenters. The molecule has 2 rings (SSSR count). The van der Waals surface area contributed by atoms with Crippen LogP contribution in [0, 0.1) is 0 Å². The Morgan fingerprint density at radius 2 is 1.65 bits per heavy atom. The number of aliphatic hydroxyl groups excluding tert-OH is 1. The summed E-state index contributed by atoms with van der Waals surface area (Å²) in [5.41, 5.74) is -1.94. The molecule has 0 spiro atoms. The van der Waals surface area contributed by atoms with Crippen molar-refractivity contribution in [1.29, 1.82) is 0 Å². The molecule has 1 aromatic rings. The van der Waals surface area contributed by atoms with Crippen molar-refractivity contribution in [3.05, 3.63) is 48.0 Å². The molecule has 1 aromatic carbocycles. The van der Waals surface area contributed by atoms with Crippen LogP contribution in [0.3, 0.4) is 0 Å². The molecule has 4 atom stereocenters. The summed E-state index contributed by atoms with van der Waals surface area (Å²) in [6.07, 6.45) is -1.62. The van der Waals surface area contributed by atoms with Crippen molar-refractivity contribution < 1.29 is 38.8 Å². The average molecular weight is 364 g/mol. The standard InChI is InChI=1S/C18H20O8/c1-11(19)25-14-8-9-15(21)18(23,16(14)26-12(2)20)10-24-17(22)13-6-4-3-5-7-13/h3-9,14-16,21,23H,10H2,1-2H3/t14-,15-,16+,18-/m1/s1. The number of ether oxygens (including phenoxy) is 3. The summed E-state index contributed by atoms with van der Waals surface area (Å²) in [7, 11) is 0. The van der Waals surface area contributed by atoms with Crippen LogP contribution in [0.15, 0.2) is 42.5 Å². The fourth-order valence-electron chi connectivity index (χ4n) is 2.58. The van der Waals surface area contributed by atoms with Gasteiger partial charge in [0.15, 0.2) is 17.8 Å². The molecule has 1 aliphatic carbocycles. The Morgan fingerprint density at radius 1 is 1.04 bits per heavy atom. The molecule has 0 aromatic heterocycles. The lowest BCUT2D eigenvalue weighted by molar-refractivity contribution is -0.211. The van der Waals surface area contributed by atoms with Crippen LogP contribution >= 0.6 is 0 Å². The summed E-state index contributed by atoms with van der Waals surface area (Å²) in [4.78, 5) is 34.8. The number of hydrogen-bond donors (Lipinski definition) is 2. The van der Waals surface area contributed by atoms with Gasteiger partial charge in [-0.05, 0) is 18.2 Å². The summed E-state index contributed by atoms with van der Waals surface area (Å²) >= 11 is 0. The van der Waals surface area contributed by atoms with Gasteiger partial charge in [0.1, 0.15) is 12.7 Å². The average Bonchev–Trinajstić information content (AvgIpc) is 2.60. The van der Waals surface area contributed by atoms with Crippen LogP contribution in [0.5, 0.6) is 0 Å². The van der Waals surface area contributed by atoms with Crippen molar-refractivity contribution >= 4 is 17.9 Å². The van der Waals surface area contributed by atoms with E-state index in [1.165, 1.54) is 24.3 Å². The van der Waals surface area contributed by atoms with E-state index in [1.54, 1.807) is 18.2 Å². The first kappa shape index (κ1) is 19.6. The fourth-order valence-corrected chi connectivity index (χ4v) is 2.58. The number of aliphatic hydroxyl groups is 2. The van der Waals surface area contributed by atoms with E-state index in [1.807, 2.05) is 0 Å². The molecule has 140 valence electrons.